The first kappa shape index (κ1) is 23.1. The molecule has 7 nitrogen and oxygen atoms in total. The summed E-state index contributed by atoms with van der Waals surface area (Å²) in [6.45, 7) is 5.02. The fourth-order valence-electron chi connectivity index (χ4n) is 3.86. The molecule has 2 aliphatic rings. The fourth-order valence-corrected chi connectivity index (χ4v) is 3.86. The number of benzene rings is 1. The van der Waals surface area contributed by atoms with Crippen LogP contribution >= 0.6 is 0 Å². The smallest absolute Gasteiger partial charge is 0.416 e. The van der Waals surface area contributed by atoms with Crippen molar-refractivity contribution in [2.45, 2.75) is 19.1 Å². The number of urea groups is 1. The molecular weight excluding hydrogens is 413 g/mol. The summed E-state index contributed by atoms with van der Waals surface area (Å²) in [5.74, 6) is -0.736. The van der Waals surface area contributed by atoms with Crippen molar-refractivity contribution in [3.8, 4) is 0 Å². The van der Waals surface area contributed by atoms with Gasteiger partial charge in [0.15, 0.2) is 0 Å². The van der Waals surface area contributed by atoms with Crippen LogP contribution < -0.4 is 5.32 Å². The Hall–Kier alpha value is -2.59. The lowest BCUT2D eigenvalue weighted by Crippen LogP contribution is -2.51. The number of alkyl halides is 3. The molecule has 2 aliphatic heterocycles. The van der Waals surface area contributed by atoms with Gasteiger partial charge in [-0.15, -0.1) is 0 Å². The van der Waals surface area contributed by atoms with Gasteiger partial charge in [0, 0.05) is 45.5 Å². The van der Waals surface area contributed by atoms with Crippen LogP contribution in [0.3, 0.4) is 0 Å². The number of nitrogens with zero attached hydrogens (tertiary/aromatic N) is 3. The van der Waals surface area contributed by atoms with E-state index in [1.54, 1.807) is 6.92 Å². The van der Waals surface area contributed by atoms with Crippen molar-refractivity contribution in [2.75, 3.05) is 53.4 Å². The van der Waals surface area contributed by atoms with Gasteiger partial charge in [-0.1, -0.05) is 18.2 Å². The Bertz CT molecular complexity index is 864. The number of piperazine rings is 1. The molecule has 1 N–H and O–H groups in total. The highest BCUT2D eigenvalue weighted by Crippen LogP contribution is 2.39. The van der Waals surface area contributed by atoms with Gasteiger partial charge in [0.1, 0.15) is 0 Å². The van der Waals surface area contributed by atoms with E-state index in [0.717, 1.165) is 32.2 Å². The van der Waals surface area contributed by atoms with Gasteiger partial charge >= 0.3 is 18.2 Å². The molecule has 10 heteroatoms. The summed E-state index contributed by atoms with van der Waals surface area (Å²) in [6.07, 6.45) is -4.64. The van der Waals surface area contributed by atoms with Crippen molar-refractivity contribution < 1.29 is 27.5 Å². The maximum Gasteiger partial charge on any atom is 0.416 e. The molecule has 1 fully saturated rings. The highest BCUT2D eigenvalue weighted by Gasteiger charge is 2.42. The molecule has 0 aromatic heterocycles. The van der Waals surface area contributed by atoms with Crippen LogP contribution in [0.5, 0.6) is 0 Å². The zero-order valence-corrected chi connectivity index (χ0v) is 17.8. The van der Waals surface area contributed by atoms with E-state index in [2.05, 4.69) is 15.1 Å². The molecular formula is C21H27F3N4O3. The van der Waals surface area contributed by atoms with E-state index in [0.29, 0.717) is 5.70 Å². The van der Waals surface area contributed by atoms with Gasteiger partial charge in [-0.2, -0.15) is 13.2 Å². The number of carbonyl (C=O) groups is 2. The Labute approximate surface area is 179 Å². The van der Waals surface area contributed by atoms with Gasteiger partial charge in [-0.3, -0.25) is 9.80 Å². The molecule has 170 valence electrons. The van der Waals surface area contributed by atoms with Crippen LogP contribution in [-0.2, 0) is 15.7 Å². The molecule has 31 heavy (non-hydrogen) atoms. The van der Waals surface area contributed by atoms with Crippen LogP contribution in [0.1, 0.15) is 24.1 Å². The second kappa shape index (κ2) is 9.27. The number of amides is 2. The molecule has 0 spiro atoms. The van der Waals surface area contributed by atoms with E-state index in [4.69, 9.17) is 4.74 Å². The number of hydrogen-bond acceptors (Lipinski definition) is 5. The topological polar surface area (TPSA) is 65.1 Å². The summed E-state index contributed by atoms with van der Waals surface area (Å²) in [4.78, 5) is 31.2. The second-order valence-corrected chi connectivity index (χ2v) is 7.69. The van der Waals surface area contributed by atoms with E-state index >= 15 is 0 Å². The predicted molar refractivity (Wildman–Crippen MR) is 108 cm³/mol. The van der Waals surface area contributed by atoms with Crippen molar-refractivity contribution in [2.24, 2.45) is 0 Å². The van der Waals surface area contributed by atoms with Crippen molar-refractivity contribution in [1.82, 2.24) is 20.0 Å². The molecule has 1 atom stereocenters. The summed E-state index contributed by atoms with van der Waals surface area (Å²) in [5.41, 5.74) is -0.700. The highest BCUT2D eigenvalue weighted by molar-refractivity contribution is 5.95. The predicted octanol–water partition coefficient (Wildman–Crippen LogP) is 2.47. The molecule has 0 saturated carbocycles. The minimum Gasteiger partial charge on any atom is -0.463 e. The standard InChI is InChI=1S/C21H27F3N4O3/c1-4-31-19(29)17-16(13-28-11-9-26(2)10-12-28)27(3)20(30)25-18(17)14-7-5-6-8-15(14)21(22,23)24/h5-8,18H,4,9-13H2,1-3H3,(H,25,30). The number of esters is 1. The van der Waals surface area contributed by atoms with Gasteiger partial charge in [-0.05, 0) is 25.6 Å². The van der Waals surface area contributed by atoms with Crippen LogP contribution in [0.2, 0.25) is 0 Å². The first-order chi connectivity index (χ1) is 14.6. The first-order valence-corrected chi connectivity index (χ1v) is 10.1. The molecule has 2 heterocycles. The highest BCUT2D eigenvalue weighted by atomic mass is 19.4. The third-order valence-corrected chi connectivity index (χ3v) is 5.62. The summed E-state index contributed by atoms with van der Waals surface area (Å²) in [6, 6.07) is 3.14. The lowest BCUT2D eigenvalue weighted by atomic mass is 9.90. The lowest BCUT2D eigenvalue weighted by Gasteiger charge is -2.39. The Morgan fingerprint density at radius 3 is 2.42 bits per heavy atom. The molecule has 1 aromatic carbocycles. The fraction of sp³-hybridized carbons (Fsp3) is 0.524. The molecule has 1 unspecified atom stereocenters. The molecule has 0 radical (unpaired) electrons. The number of halogens is 3. The van der Waals surface area contributed by atoms with E-state index in [9.17, 15) is 22.8 Å². The van der Waals surface area contributed by atoms with E-state index in [1.807, 2.05) is 7.05 Å². The van der Waals surface area contributed by atoms with E-state index < -0.39 is 29.8 Å². The molecule has 1 saturated heterocycles. The van der Waals surface area contributed by atoms with Crippen LogP contribution in [0.4, 0.5) is 18.0 Å². The van der Waals surface area contributed by atoms with Crippen LogP contribution in [0.15, 0.2) is 35.5 Å². The first-order valence-electron chi connectivity index (χ1n) is 10.1. The van der Waals surface area contributed by atoms with E-state index in [1.165, 1.54) is 30.1 Å². The Kier molecular flexibility index (Phi) is 6.90. The van der Waals surface area contributed by atoms with Crippen molar-refractivity contribution >= 4 is 12.0 Å². The monoisotopic (exact) mass is 440 g/mol. The quantitative estimate of drug-likeness (QED) is 0.713. The molecule has 3 rings (SSSR count). The largest absolute Gasteiger partial charge is 0.463 e. The summed E-state index contributed by atoms with van der Waals surface area (Å²) in [5, 5.41) is 2.56. The average Bonchev–Trinajstić information content (AvgIpc) is 2.72. The number of likely N-dealkylation sites (N-methyl/N-ethyl adjacent to an activating group) is 2. The van der Waals surface area contributed by atoms with Gasteiger partial charge in [0.2, 0.25) is 0 Å². The third kappa shape index (κ3) is 5.01. The van der Waals surface area contributed by atoms with Gasteiger partial charge in [-0.25, -0.2) is 9.59 Å². The van der Waals surface area contributed by atoms with E-state index in [-0.39, 0.29) is 24.3 Å². The van der Waals surface area contributed by atoms with Gasteiger partial charge < -0.3 is 15.0 Å². The number of hydrogen-bond donors (Lipinski definition) is 1. The van der Waals surface area contributed by atoms with Crippen molar-refractivity contribution in [1.29, 1.82) is 0 Å². The normalized spacial score (nSPS) is 21.3. The minimum absolute atomic E-state index is 0.0274. The van der Waals surface area contributed by atoms with Crippen LogP contribution in [-0.4, -0.2) is 80.1 Å². The summed E-state index contributed by atoms with van der Waals surface area (Å²) in [7, 11) is 3.51. The number of carbonyl (C=O) groups excluding carboxylic acids is 2. The molecule has 0 bridgehead atoms. The zero-order chi connectivity index (χ0) is 22.8. The average molecular weight is 440 g/mol. The molecule has 1 aromatic rings. The maximum atomic E-state index is 13.7. The second-order valence-electron chi connectivity index (χ2n) is 7.69. The Morgan fingerprint density at radius 2 is 1.81 bits per heavy atom. The number of rotatable bonds is 5. The number of ether oxygens (including phenoxy) is 1. The van der Waals surface area contributed by atoms with Gasteiger partial charge in [0.25, 0.3) is 0 Å². The Morgan fingerprint density at radius 1 is 1.16 bits per heavy atom. The van der Waals surface area contributed by atoms with Crippen molar-refractivity contribution in [3.05, 3.63) is 46.7 Å². The lowest BCUT2D eigenvalue weighted by molar-refractivity contribution is -0.141. The molecule has 2 amide bonds. The third-order valence-electron chi connectivity index (χ3n) is 5.62. The number of nitrogens with one attached hydrogen (secondary N) is 1. The summed E-state index contributed by atoms with van der Waals surface area (Å²) >= 11 is 0. The van der Waals surface area contributed by atoms with Crippen LogP contribution in [0, 0.1) is 0 Å². The minimum atomic E-state index is -4.64. The SMILES string of the molecule is CCOC(=O)C1=C(CN2CCN(C)CC2)N(C)C(=O)NC1c1ccccc1C(F)(F)F. The molecule has 0 aliphatic carbocycles. The van der Waals surface area contributed by atoms with Crippen molar-refractivity contribution in [3.63, 3.8) is 0 Å². The summed E-state index contributed by atoms with van der Waals surface area (Å²) < 4.78 is 46.3. The maximum absolute atomic E-state index is 13.7. The zero-order valence-electron chi connectivity index (χ0n) is 17.8. The van der Waals surface area contributed by atoms with Crippen LogP contribution in [0.25, 0.3) is 0 Å². The Balaban J connectivity index is 2.10. The van der Waals surface area contributed by atoms with Gasteiger partial charge in [0.05, 0.1) is 23.8 Å².